The lowest BCUT2D eigenvalue weighted by Gasteiger charge is -2.29. The van der Waals surface area contributed by atoms with Crippen molar-refractivity contribution in [1.29, 1.82) is 0 Å². The molecule has 0 saturated heterocycles. The number of aromatic nitrogens is 3. The van der Waals surface area contributed by atoms with Crippen LogP contribution in [0, 0.1) is 5.92 Å². The van der Waals surface area contributed by atoms with Gasteiger partial charge in [-0.1, -0.05) is 32.0 Å². The van der Waals surface area contributed by atoms with E-state index < -0.39 is 29.9 Å². The third kappa shape index (κ3) is 3.26. The summed E-state index contributed by atoms with van der Waals surface area (Å²) in [5, 5.41) is 7.34. The number of hydrogen-bond acceptors (Lipinski definition) is 4. The molecule has 26 heavy (non-hydrogen) atoms. The standard InChI is InChI=1S/C16H16F3N5O2/c1-8(2)11(24-7-9-5-3-4-6-10(9)13(24)26)12(25)20-15-21-14(22-23-15)16(17,18)19/h3-6,8,11H,7H2,1-2H3,(H2,20,21,22,23,25)/t11-/m0/s1. The van der Waals surface area contributed by atoms with Gasteiger partial charge in [0.1, 0.15) is 6.04 Å². The van der Waals surface area contributed by atoms with E-state index in [0.29, 0.717) is 5.56 Å². The Kier molecular flexibility index (Phi) is 4.43. The fourth-order valence-corrected chi connectivity index (χ4v) is 2.93. The average molecular weight is 367 g/mol. The minimum absolute atomic E-state index is 0.257. The Balaban J connectivity index is 1.80. The molecule has 0 bridgehead atoms. The maximum atomic E-state index is 12.6. The zero-order valence-electron chi connectivity index (χ0n) is 14.0. The van der Waals surface area contributed by atoms with Crippen LogP contribution in [0.25, 0.3) is 0 Å². The zero-order valence-corrected chi connectivity index (χ0v) is 14.0. The maximum absolute atomic E-state index is 12.6. The molecule has 10 heteroatoms. The molecular formula is C16H16F3N5O2. The van der Waals surface area contributed by atoms with Gasteiger partial charge in [0.25, 0.3) is 5.91 Å². The molecule has 1 aromatic carbocycles. The first-order chi connectivity index (χ1) is 12.2. The first-order valence-electron chi connectivity index (χ1n) is 7.88. The molecule has 1 aliphatic heterocycles. The van der Waals surface area contributed by atoms with Crippen LogP contribution in [-0.2, 0) is 17.5 Å². The normalized spacial score (nSPS) is 15.3. The summed E-state index contributed by atoms with van der Waals surface area (Å²) in [7, 11) is 0. The van der Waals surface area contributed by atoms with Crippen molar-refractivity contribution in [2.45, 2.75) is 32.6 Å². The number of alkyl halides is 3. The van der Waals surface area contributed by atoms with Crippen molar-refractivity contribution in [3.05, 3.63) is 41.2 Å². The van der Waals surface area contributed by atoms with Crippen LogP contribution in [0.1, 0.15) is 35.6 Å². The molecule has 0 fully saturated rings. The molecule has 2 N–H and O–H groups in total. The first-order valence-corrected chi connectivity index (χ1v) is 7.88. The molecule has 1 aromatic heterocycles. The van der Waals surface area contributed by atoms with Crippen LogP contribution in [0.5, 0.6) is 0 Å². The van der Waals surface area contributed by atoms with Crippen LogP contribution in [-0.4, -0.2) is 37.9 Å². The van der Waals surface area contributed by atoms with Gasteiger partial charge in [0.05, 0.1) is 0 Å². The van der Waals surface area contributed by atoms with Crippen LogP contribution < -0.4 is 5.32 Å². The highest BCUT2D eigenvalue weighted by Crippen LogP contribution is 2.28. The zero-order chi connectivity index (χ0) is 19.1. The smallest absolute Gasteiger partial charge is 0.322 e. The van der Waals surface area contributed by atoms with E-state index in [1.54, 1.807) is 43.2 Å². The summed E-state index contributed by atoms with van der Waals surface area (Å²) in [5.74, 6) is -3.00. The summed E-state index contributed by atoms with van der Waals surface area (Å²) in [4.78, 5) is 29.8. The Labute approximate surface area is 146 Å². The van der Waals surface area contributed by atoms with Crippen molar-refractivity contribution in [3.63, 3.8) is 0 Å². The Morgan fingerprint density at radius 1 is 1.31 bits per heavy atom. The fraction of sp³-hybridized carbons (Fsp3) is 0.375. The van der Waals surface area contributed by atoms with Gasteiger partial charge in [0.15, 0.2) is 0 Å². The molecule has 0 radical (unpaired) electrons. The molecule has 0 spiro atoms. The predicted octanol–water partition coefficient (Wildman–Crippen LogP) is 2.44. The van der Waals surface area contributed by atoms with E-state index in [-0.39, 0.29) is 18.4 Å². The molecule has 0 aliphatic carbocycles. The monoisotopic (exact) mass is 367 g/mol. The van der Waals surface area contributed by atoms with E-state index in [1.165, 1.54) is 4.90 Å². The molecule has 0 saturated carbocycles. The number of halogens is 3. The fourth-order valence-electron chi connectivity index (χ4n) is 2.93. The van der Waals surface area contributed by atoms with Gasteiger partial charge in [-0.15, -0.1) is 5.10 Å². The number of hydrogen-bond donors (Lipinski definition) is 2. The third-order valence-corrected chi connectivity index (χ3v) is 4.07. The summed E-state index contributed by atoms with van der Waals surface area (Å²) in [6, 6.07) is 6.14. The summed E-state index contributed by atoms with van der Waals surface area (Å²) < 4.78 is 37.7. The quantitative estimate of drug-likeness (QED) is 0.868. The number of amides is 2. The van der Waals surface area contributed by atoms with Gasteiger partial charge >= 0.3 is 6.18 Å². The highest BCUT2D eigenvalue weighted by molar-refractivity contribution is 6.03. The molecule has 1 atom stereocenters. The van der Waals surface area contributed by atoms with Crippen LogP contribution >= 0.6 is 0 Å². The van der Waals surface area contributed by atoms with E-state index in [9.17, 15) is 22.8 Å². The second kappa shape index (κ2) is 6.43. The van der Waals surface area contributed by atoms with Gasteiger partial charge in [0, 0.05) is 12.1 Å². The SMILES string of the molecule is CC(C)[C@@H](C(=O)Nc1n[nH]c(C(F)(F)F)n1)N1Cc2ccccc2C1=O. The summed E-state index contributed by atoms with van der Waals surface area (Å²) in [6.07, 6.45) is -4.69. The molecule has 2 aromatic rings. The highest BCUT2D eigenvalue weighted by Gasteiger charge is 2.39. The molecule has 2 heterocycles. The Bertz CT molecular complexity index is 846. The second-order valence-electron chi connectivity index (χ2n) is 6.27. The van der Waals surface area contributed by atoms with E-state index in [2.05, 4.69) is 15.4 Å². The number of benzene rings is 1. The molecule has 138 valence electrons. The largest absolute Gasteiger partial charge is 0.451 e. The number of aromatic amines is 1. The lowest BCUT2D eigenvalue weighted by atomic mass is 10.0. The van der Waals surface area contributed by atoms with Crippen LogP contribution in [0.4, 0.5) is 19.1 Å². The molecule has 0 unspecified atom stereocenters. The predicted molar refractivity (Wildman–Crippen MR) is 85.0 cm³/mol. The molecule has 1 aliphatic rings. The van der Waals surface area contributed by atoms with Gasteiger partial charge in [-0.2, -0.15) is 18.2 Å². The lowest BCUT2D eigenvalue weighted by molar-refractivity contribution is -0.144. The lowest BCUT2D eigenvalue weighted by Crippen LogP contribution is -2.47. The van der Waals surface area contributed by atoms with Crippen molar-refractivity contribution < 1.29 is 22.8 Å². The van der Waals surface area contributed by atoms with Crippen molar-refractivity contribution in [3.8, 4) is 0 Å². The molecular weight excluding hydrogens is 351 g/mol. The minimum Gasteiger partial charge on any atom is -0.322 e. The van der Waals surface area contributed by atoms with Gasteiger partial charge < -0.3 is 4.90 Å². The number of fused-ring (bicyclic) bond motifs is 1. The molecule has 7 nitrogen and oxygen atoms in total. The van der Waals surface area contributed by atoms with Crippen molar-refractivity contribution in [1.82, 2.24) is 20.1 Å². The number of nitrogens with zero attached hydrogens (tertiary/aromatic N) is 3. The van der Waals surface area contributed by atoms with Crippen LogP contribution in [0.15, 0.2) is 24.3 Å². The molecule has 2 amide bonds. The summed E-state index contributed by atoms with van der Waals surface area (Å²) >= 11 is 0. The number of carbonyl (C=O) groups excluding carboxylic acids is 2. The number of H-pyrrole nitrogens is 1. The second-order valence-corrected chi connectivity index (χ2v) is 6.27. The topological polar surface area (TPSA) is 91.0 Å². The average Bonchev–Trinajstić information content (AvgIpc) is 3.13. The highest BCUT2D eigenvalue weighted by atomic mass is 19.4. The number of rotatable bonds is 4. The van der Waals surface area contributed by atoms with E-state index in [4.69, 9.17) is 0 Å². The van der Waals surface area contributed by atoms with Gasteiger partial charge in [-0.25, -0.2) is 0 Å². The van der Waals surface area contributed by atoms with Gasteiger partial charge in [0.2, 0.25) is 17.7 Å². The molecule has 3 rings (SSSR count). The van der Waals surface area contributed by atoms with Crippen LogP contribution in [0.3, 0.4) is 0 Å². The third-order valence-electron chi connectivity index (χ3n) is 4.07. The van der Waals surface area contributed by atoms with Crippen LogP contribution in [0.2, 0.25) is 0 Å². The number of nitrogens with one attached hydrogen (secondary N) is 2. The number of carbonyl (C=O) groups is 2. The first kappa shape index (κ1) is 17.9. The van der Waals surface area contributed by atoms with Crippen molar-refractivity contribution >= 4 is 17.8 Å². The summed E-state index contributed by atoms with van der Waals surface area (Å²) in [5.41, 5.74) is 1.32. The van der Waals surface area contributed by atoms with E-state index in [0.717, 1.165) is 5.56 Å². The Hall–Kier alpha value is -2.91. The number of anilines is 1. The Morgan fingerprint density at radius 3 is 2.58 bits per heavy atom. The summed E-state index contributed by atoms with van der Waals surface area (Å²) in [6.45, 7) is 3.76. The maximum Gasteiger partial charge on any atom is 0.451 e. The van der Waals surface area contributed by atoms with Gasteiger partial charge in [-0.3, -0.25) is 20.0 Å². The van der Waals surface area contributed by atoms with Gasteiger partial charge in [-0.05, 0) is 17.5 Å². The van der Waals surface area contributed by atoms with Crippen molar-refractivity contribution in [2.24, 2.45) is 5.92 Å². The van der Waals surface area contributed by atoms with Crippen molar-refractivity contribution in [2.75, 3.05) is 5.32 Å². The minimum atomic E-state index is -4.69. The van der Waals surface area contributed by atoms with E-state index >= 15 is 0 Å². The Morgan fingerprint density at radius 2 is 2.00 bits per heavy atom. The van der Waals surface area contributed by atoms with E-state index in [1.807, 2.05) is 0 Å².